The Morgan fingerprint density at radius 2 is 1.70 bits per heavy atom. The van der Waals surface area contributed by atoms with Gasteiger partial charge in [-0.2, -0.15) is 0 Å². The third-order valence-electron chi connectivity index (χ3n) is 4.89. The van der Waals surface area contributed by atoms with Crippen LogP contribution in [0.25, 0.3) is 5.57 Å². The summed E-state index contributed by atoms with van der Waals surface area (Å²) in [6, 6.07) is 4.19. The lowest BCUT2D eigenvalue weighted by atomic mass is 9.82. The van der Waals surface area contributed by atoms with Crippen molar-refractivity contribution in [2.45, 2.75) is 71.7 Å². The van der Waals surface area contributed by atoms with Gasteiger partial charge in [0.15, 0.2) is 0 Å². The Balaban J connectivity index is 2.42. The van der Waals surface area contributed by atoms with Crippen LogP contribution in [-0.4, -0.2) is 30.5 Å². The molecular formula is C20H28BBrF2O3. The number of hydrogen-bond donors (Lipinski definition) is 0. The standard InChI is InChI=1S/C20H28BBrF2O3/c1-18(2,3)25-11-10-14(15-12-13(23)8-9-16(15)22)17(24)21-26-19(4,5)20(6,7)27-21/h8-9,12H,10-11H2,1-7H3. The highest BCUT2D eigenvalue weighted by Gasteiger charge is 2.53. The molecule has 1 aromatic carbocycles. The summed E-state index contributed by atoms with van der Waals surface area (Å²) in [6.45, 7) is 13.5. The molecule has 1 heterocycles. The Morgan fingerprint density at radius 1 is 1.15 bits per heavy atom. The molecule has 0 aromatic heterocycles. The van der Waals surface area contributed by atoms with E-state index >= 15 is 4.39 Å². The zero-order valence-electron chi connectivity index (χ0n) is 17.1. The lowest BCUT2D eigenvalue weighted by molar-refractivity contribution is 0.000558. The minimum atomic E-state index is -1.14. The largest absolute Gasteiger partial charge is 0.525 e. The first-order valence-electron chi connectivity index (χ1n) is 9.07. The summed E-state index contributed by atoms with van der Waals surface area (Å²) in [5, 5.41) is 0. The first-order chi connectivity index (χ1) is 12.2. The van der Waals surface area contributed by atoms with Gasteiger partial charge in [0.2, 0.25) is 0 Å². The molecule has 7 heteroatoms. The average molecular weight is 445 g/mol. The van der Waals surface area contributed by atoms with E-state index in [1.807, 2.05) is 48.5 Å². The first kappa shape index (κ1) is 22.5. The molecule has 27 heavy (non-hydrogen) atoms. The van der Waals surface area contributed by atoms with Crippen molar-refractivity contribution in [3.8, 4) is 0 Å². The van der Waals surface area contributed by atoms with E-state index in [4.69, 9.17) is 14.0 Å². The number of halogens is 3. The van der Waals surface area contributed by atoms with E-state index in [0.717, 1.165) is 0 Å². The Morgan fingerprint density at radius 3 is 2.22 bits per heavy atom. The van der Waals surface area contributed by atoms with Crippen LogP contribution in [0.1, 0.15) is 60.5 Å². The van der Waals surface area contributed by atoms with Crippen LogP contribution in [0.2, 0.25) is 0 Å². The molecule has 3 nitrogen and oxygen atoms in total. The Bertz CT molecular complexity index is 710. The van der Waals surface area contributed by atoms with Crippen molar-refractivity contribution in [2.24, 2.45) is 0 Å². The van der Waals surface area contributed by atoms with Gasteiger partial charge in [-0.3, -0.25) is 0 Å². The second-order valence-corrected chi connectivity index (χ2v) is 9.60. The maximum absolute atomic E-state index is 15.5. The van der Waals surface area contributed by atoms with Crippen molar-refractivity contribution in [1.82, 2.24) is 0 Å². The normalized spacial score (nSPS) is 20.0. The van der Waals surface area contributed by atoms with Crippen LogP contribution in [0.4, 0.5) is 8.78 Å². The third kappa shape index (κ3) is 5.40. The molecular weight excluding hydrogens is 417 g/mol. The quantitative estimate of drug-likeness (QED) is 0.513. The molecule has 0 spiro atoms. The predicted molar refractivity (Wildman–Crippen MR) is 109 cm³/mol. The number of benzene rings is 1. The summed E-state index contributed by atoms with van der Waals surface area (Å²) in [4.78, 5) is 0. The van der Waals surface area contributed by atoms with Crippen molar-refractivity contribution in [1.29, 1.82) is 0 Å². The van der Waals surface area contributed by atoms with E-state index in [9.17, 15) is 4.39 Å². The maximum atomic E-state index is 15.5. The van der Waals surface area contributed by atoms with Crippen molar-refractivity contribution in [3.05, 3.63) is 39.8 Å². The Labute approximate surface area is 169 Å². The molecule has 1 fully saturated rings. The molecule has 2 rings (SSSR count). The summed E-state index contributed by atoms with van der Waals surface area (Å²) in [5.74, 6) is -0.441. The zero-order chi connectivity index (χ0) is 20.6. The zero-order valence-corrected chi connectivity index (χ0v) is 18.7. The van der Waals surface area contributed by atoms with Gasteiger partial charge in [0.1, 0.15) is 11.5 Å². The van der Waals surface area contributed by atoms with Gasteiger partial charge in [0, 0.05) is 4.47 Å². The van der Waals surface area contributed by atoms with Gasteiger partial charge in [-0.05, 0) is 84.2 Å². The lowest BCUT2D eigenvalue weighted by Gasteiger charge is -2.32. The lowest BCUT2D eigenvalue weighted by Crippen LogP contribution is -2.41. The van der Waals surface area contributed by atoms with Crippen molar-refractivity contribution in [3.63, 3.8) is 0 Å². The SMILES string of the molecule is CC(C)(C)OCCC(=C(F)B1OC(C)(C)C(C)(C)O1)c1cc(F)ccc1Br. The fraction of sp³-hybridized carbons (Fsp3) is 0.600. The molecule has 0 N–H and O–H groups in total. The number of hydrogen-bond acceptors (Lipinski definition) is 3. The van der Waals surface area contributed by atoms with Crippen molar-refractivity contribution in [2.75, 3.05) is 6.61 Å². The van der Waals surface area contributed by atoms with Gasteiger partial charge < -0.3 is 14.0 Å². The van der Waals surface area contributed by atoms with E-state index in [1.54, 1.807) is 6.07 Å². The van der Waals surface area contributed by atoms with Gasteiger partial charge in [-0.15, -0.1) is 0 Å². The molecule has 1 aromatic rings. The van der Waals surface area contributed by atoms with Crippen LogP contribution in [0.3, 0.4) is 0 Å². The number of rotatable bonds is 5. The monoisotopic (exact) mass is 444 g/mol. The van der Waals surface area contributed by atoms with Gasteiger partial charge in [-0.1, -0.05) is 15.9 Å². The second kappa shape index (κ2) is 7.93. The Hall–Kier alpha value is -0.755. The fourth-order valence-corrected chi connectivity index (χ4v) is 3.15. The minimum Gasteiger partial charge on any atom is -0.398 e. The molecule has 1 saturated heterocycles. The average Bonchev–Trinajstić information content (AvgIpc) is 2.73. The summed E-state index contributed by atoms with van der Waals surface area (Å²) >= 11 is 3.39. The number of ether oxygens (including phenoxy) is 1. The topological polar surface area (TPSA) is 27.7 Å². The molecule has 1 aliphatic heterocycles. The molecule has 0 atom stereocenters. The van der Waals surface area contributed by atoms with E-state index in [-0.39, 0.29) is 18.6 Å². The molecule has 0 bridgehead atoms. The van der Waals surface area contributed by atoms with Crippen LogP contribution in [0, 0.1) is 5.82 Å². The Kier molecular flexibility index (Phi) is 6.62. The van der Waals surface area contributed by atoms with Crippen LogP contribution in [0.5, 0.6) is 0 Å². The molecule has 0 unspecified atom stereocenters. The molecule has 1 aliphatic rings. The van der Waals surface area contributed by atoms with Crippen molar-refractivity contribution >= 4 is 28.6 Å². The highest BCUT2D eigenvalue weighted by Crippen LogP contribution is 2.41. The smallest absolute Gasteiger partial charge is 0.398 e. The van der Waals surface area contributed by atoms with Gasteiger partial charge in [0.25, 0.3) is 0 Å². The highest BCUT2D eigenvalue weighted by atomic mass is 79.9. The predicted octanol–water partition coefficient (Wildman–Crippen LogP) is 6.11. The highest BCUT2D eigenvalue weighted by molar-refractivity contribution is 9.10. The van der Waals surface area contributed by atoms with E-state index in [1.165, 1.54) is 12.1 Å². The molecule has 0 saturated carbocycles. The van der Waals surface area contributed by atoms with Gasteiger partial charge in [-0.25, -0.2) is 8.78 Å². The second-order valence-electron chi connectivity index (χ2n) is 8.75. The summed E-state index contributed by atoms with van der Waals surface area (Å²) < 4.78 is 47.4. The maximum Gasteiger partial charge on any atom is 0.525 e. The molecule has 0 amide bonds. The van der Waals surface area contributed by atoms with E-state index in [2.05, 4.69) is 15.9 Å². The minimum absolute atomic E-state index is 0.259. The van der Waals surface area contributed by atoms with E-state index in [0.29, 0.717) is 15.6 Å². The summed E-state index contributed by atoms with van der Waals surface area (Å²) in [7, 11) is -1.14. The van der Waals surface area contributed by atoms with Gasteiger partial charge >= 0.3 is 7.12 Å². The molecule has 0 radical (unpaired) electrons. The summed E-state index contributed by atoms with van der Waals surface area (Å²) in [5.41, 5.74) is -1.51. The van der Waals surface area contributed by atoms with Gasteiger partial charge in [0.05, 0.1) is 23.4 Å². The first-order valence-corrected chi connectivity index (χ1v) is 9.86. The third-order valence-corrected chi connectivity index (χ3v) is 5.58. The van der Waals surface area contributed by atoms with Crippen LogP contribution in [-0.2, 0) is 14.0 Å². The van der Waals surface area contributed by atoms with Crippen LogP contribution >= 0.6 is 15.9 Å². The van der Waals surface area contributed by atoms with E-state index < -0.39 is 29.9 Å². The molecule has 150 valence electrons. The fourth-order valence-electron chi connectivity index (χ4n) is 2.66. The molecule has 0 aliphatic carbocycles. The van der Waals surface area contributed by atoms with Crippen LogP contribution in [0.15, 0.2) is 28.4 Å². The van der Waals surface area contributed by atoms with Crippen molar-refractivity contribution < 1.29 is 22.8 Å². The summed E-state index contributed by atoms with van der Waals surface area (Å²) in [6.07, 6.45) is 0.259. The van der Waals surface area contributed by atoms with Crippen LogP contribution < -0.4 is 0 Å².